The van der Waals surface area contributed by atoms with Crippen LogP contribution in [0.4, 0.5) is 0 Å². The summed E-state index contributed by atoms with van der Waals surface area (Å²) in [5.41, 5.74) is 5.28. The van der Waals surface area contributed by atoms with Gasteiger partial charge in [-0.2, -0.15) is 0 Å². The van der Waals surface area contributed by atoms with Gasteiger partial charge in [-0.15, -0.1) is 18.2 Å². The second-order valence-corrected chi connectivity index (χ2v) is 12.9. The van der Waals surface area contributed by atoms with Gasteiger partial charge < -0.3 is 15.1 Å². The van der Waals surface area contributed by atoms with Crippen LogP contribution >= 0.6 is 11.6 Å². The molecule has 3 aliphatic rings. The third-order valence-corrected chi connectivity index (χ3v) is 9.04. The zero-order chi connectivity index (χ0) is 33.5. The number of aliphatic hydroxyl groups excluding tert-OH is 1. The third-order valence-electron chi connectivity index (χ3n) is 8.68. The fourth-order valence-corrected chi connectivity index (χ4v) is 5.95. The number of allylic oxidation sites excluding steroid dienone is 7. The molecule has 0 aromatic rings. The highest BCUT2D eigenvalue weighted by Crippen LogP contribution is 2.28. The molecule has 7 nitrogen and oxygen atoms in total. The van der Waals surface area contributed by atoms with Crippen LogP contribution < -0.4 is 0 Å². The molecule has 0 bridgehead atoms. The lowest BCUT2D eigenvalue weighted by atomic mass is 9.95. The summed E-state index contributed by atoms with van der Waals surface area (Å²) in [6.45, 7) is 16.4. The Morgan fingerprint density at radius 3 is 2.57 bits per heavy atom. The van der Waals surface area contributed by atoms with Crippen molar-refractivity contribution in [3.05, 3.63) is 96.3 Å². The smallest absolute Gasteiger partial charge is 0.303 e. The molecule has 0 spiro atoms. The van der Waals surface area contributed by atoms with Gasteiger partial charge in [0.25, 0.3) is 0 Å². The van der Waals surface area contributed by atoms with Gasteiger partial charge >= 0.3 is 5.97 Å². The van der Waals surface area contributed by atoms with Crippen molar-refractivity contribution in [2.75, 3.05) is 19.6 Å². The predicted molar refractivity (Wildman–Crippen MR) is 194 cm³/mol. The van der Waals surface area contributed by atoms with Gasteiger partial charge in [-0.25, -0.2) is 0 Å². The highest BCUT2D eigenvalue weighted by molar-refractivity contribution is 6.21. The van der Waals surface area contributed by atoms with E-state index in [1.807, 2.05) is 50.4 Å². The summed E-state index contributed by atoms with van der Waals surface area (Å²) in [4.78, 5) is 25.3. The first-order valence-corrected chi connectivity index (χ1v) is 17.1. The van der Waals surface area contributed by atoms with Gasteiger partial charge in [0, 0.05) is 50.2 Å². The van der Waals surface area contributed by atoms with Crippen LogP contribution in [0.15, 0.2) is 106 Å². The number of piperidine rings is 1. The van der Waals surface area contributed by atoms with Gasteiger partial charge in [0.05, 0.1) is 17.5 Å². The number of likely N-dealkylation sites (tertiary alicyclic amines) is 1. The number of aliphatic imine (C=N–C) groups is 2. The standard InChI is InChI=1S/C38H53ClN4O3/c1-6-9-13-31-19-22-43(27-30(31)7-2)34-20-23-42(24-21-34)38(46)32-16-18-35(40-26-28(4)15-17-33(39)8-3)36(25-32)41-29(5)12-10-11-14-37(44)45/h7-9,13,15-16,18-19,22,25-26,33-36,38,46H,2-3,6,10-12,14,17,20-21,23-24,27H2,1,4-5H3,(H,44,45)/b13-9-,28-15+,40-26?,41-29?. The Morgan fingerprint density at radius 1 is 1.15 bits per heavy atom. The molecule has 1 aliphatic carbocycles. The molecule has 1 fully saturated rings. The van der Waals surface area contributed by atoms with Gasteiger partial charge in [0.2, 0.25) is 0 Å². The van der Waals surface area contributed by atoms with Gasteiger partial charge in [-0.3, -0.25) is 19.7 Å². The van der Waals surface area contributed by atoms with E-state index in [-0.39, 0.29) is 23.9 Å². The van der Waals surface area contributed by atoms with Crippen LogP contribution in [-0.4, -0.2) is 87.3 Å². The van der Waals surface area contributed by atoms with Crippen LogP contribution in [0, 0.1) is 0 Å². The van der Waals surface area contributed by atoms with E-state index in [1.54, 1.807) is 6.08 Å². The first-order chi connectivity index (χ1) is 22.1. The molecular weight excluding hydrogens is 596 g/mol. The summed E-state index contributed by atoms with van der Waals surface area (Å²) in [5.74, 6) is -0.774. The van der Waals surface area contributed by atoms with E-state index in [0.29, 0.717) is 18.9 Å². The number of carbonyl (C=O) groups is 1. The molecule has 4 atom stereocenters. The first kappa shape index (κ1) is 37.2. The summed E-state index contributed by atoms with van der Waals surface area (Å²) in [6, 6.07) is -0.0533. The molecule has 0 radical (unpaired) electrons. The minimum atomic E-state index is -0.774. The van der Waals surface area contributed by atoms with Crippen LogP contribution in [0.5, 0.6) is 0 Å². The van der Waals surface area contributed by atoms with E-state index in [1.165, 1.54) is 11.1 Å². The molecule has 4 unspecified atom stereocenters. The molecule has 1 saturated heterocycles. The number of hydrogen-bond donors (Lipinski definition) is 2. The van der Waals surface area contributed by atoms with Gasteiger partial charge in [-0.1, -0.05) is 62.1 Å². The highest BCUT2D eigenvalue weighted by atomic mass is 35.5. The molecule has 0 amide bonds. The number of rotatable bonds is 17. The topological polar surface area (TPSA) is 88.7 Å². The van der Waals surface area contributed by atoms with Crippen molar-refractivity contribution >= 4 is 29.5 Å². The summed E-state index contributed by atoms with van der Waals surface area (Å²) in [7, 11) is 0. The van der Waals surface area contributed by atoms with E-state index < -0.39 is 12.2 Å². The zero-order valence-corrected chi connectivity index (χ0v) is 28.7. The van der Waals surface area contributed by atoms with Crippen molar-refractivity contribution in [1.82, 2.24) is 9.80 Å². The van der Waals surface area contributed by atoms with Crippen molar-refractivity contribution in [3.8, 4) is 0 Å². The lowest BCUT2D eigenvalue weighted by Gasteiger charge is -2.41. The average molecular weight is 649 g/mol. The van der Waals surface area contributed by atoms with Crippen LogP contribution in [0.3, 0.4) is 0 Å². The van der Waals surface area contributed by atoms with E-state index in [0.717, 1.165) is 68.6 Å². The van der Waals surface area contributed by atoms with Crippen LogP contribution in [0.1, 0.15) is 72.1 Å². The summed E-state index contributed by atoms with van der Waals surface area (Å²) in [6.07, 6.45) is 27.6. The van der Waals surface area contributed by atoms with Crippen LogP contribution in [0.25, 0.3) is 0 Å². The van der Waals surface area contributed by atoms with E-state index in [2.05, 4.69) is 54.3 Å². The lowest BCUT2D eigenvalue weighted by Crippen LogP contribution is -2.48. The molecule has 2 aliphatic heterocycles. The number of unbranched alkanes of at least 4 members (excludes halogenated alkanes) is 1. The Labute approximate surface area is 281 Å². The molecule has 46 heavy (non-hydrogen) atoms. The molecule has 0 aromatic carbocycles. The van der Waals surface area contributed by atoms with Crippen molar-refractivity contribution in [2.24, 2.45) is 9.98 Å². The maximum atomic E-state index is 11.5. The van der Waals surface area contributed by atoms with Gasteiger partial charge in [-0.05, 0) is 87.2 Å². The number of alkyl halides is 1. The minimum absolute atomic E-state index is 0.116. The summed E-state index contributed by atoms with van der Waals surface area (Å²) < 4.78 is 0. The number of hydrogen-bond acceptors (Lipinski definition) is 6. The van der Waals surface area contributed by atoms with Gasteiger partial charge in [0.15, 0.2) is 0 Å². The quantitative estimate of drug-likeness (QED) is 0.0734. The van der Waals surface area contributed by atoms with E-state index in [4.69, 9.17) is 26.7 Å². The second-order valence-electron chi connectivity index (χ2n) is 12.3. The van der Waals surface area contributed by atoms with Gasteiger partial charge in [0.1, 0.15) is 6.23 Å². The number of carboxylic acid groups (broad SMARTS) is 1. The predicted octanol–water partition coefficient (Wildman–Crippen LogP) is 7.59. The number of aliphatic carboxylic acids is 1. The number of halogens is 1. The molecule has 2 heterocycles. The number of nitrogens with zero attached hydrogens (tertiary/aromatic N) is 4. The normalized spacial score (nSPS) is 23.3. The molecule has 0 aromatic heterocycles. The monoisotopic (exact) mass is 648 g/mol. The fourth-order valence-electron chi connectivity index (χ4n) is 5.86. The second kappa shape index (κ2) is 19.4. The van der Waals surface area contributed by atoms with Crippen LogP contribution in [0.2, 0.25) is 0 Å². The number of carboxylic acids is 1. The molecule has 250 valence electrons. The molecular formula is C38H53ClN4O3. The average Bonchev–Trinajstić information content (AvgIpc) is 3.07. The van der Waals surface area contributed by atoms with E-state index >= 15 is 0 Å². The van der Waals surface area contributed by atoms with E-state index in [9.17, 15) is 9.90 Å². The summed E-state index contributed by atoms with van der Waals surface area (Å²) >= 11 is 6.18. The van der Waals surface area contributed by atoms with Crippen molar-refractivity contribution in [1.29, 1.82) is 0 Å². The Morgan fingerprint density at radius 2 is 1.89 bits per heavy atom. The fraction of sp³-hybridized carbons (Fsp3) is 0.500. The maximum absolute atomic E-state index is 11.5. The first-order valence-electron chi connectivity index (χ1n) is 16.6. The minimum Gasteiger partial charge on any atom is -0.481 e. The molecule has 0 saturated carbocycles. The largest absolute Gasteiger partial charge is 0.481 e. The highest BCUT2D eigenvalue weighted by Gasteiger charge is 2.30. The Hall–Kier alpha value is -3.26. The molecule has 8 heteroatoms. The SMILES string of the molecule is C=CC1=C(/C=C\CC)C=CN(C2CCN(C(O)C3=CC(N=C(C)CCCCC(=O)O)C(N=C/C(C)=C/CC(Cl)C=C)C=C3)CC2)C1. The lowest BCUT2D eigenvalue weighted by molar-refractivity contribution is -0.137. The molecule has 3 rings (SSSR count). The molecule has 2 N–H and O–H groups in total. The van der Waals surface area contributed by atoms with Crippen molar-refractivity contribution < 1.29 is 15.0 Å². The zero-order valence-electron chi connectivity index (χ0n) is 27.9. The maximum Gasteiger partial charge on any atom is 0.303 e. The summed E-state index contributed by atoms with van der Waals surface area (Å²) in [5, 5.41) is 20.3. The van der Waals surface area contributed by atoms with Crippen molar-refractivity contribution in [2.45, 2.75) is 102 Å². The van der Waals surface area contributed by atoms with Crippen molar-refractivity contribution in [3.63, 3.8) is 0 Å². The third kappa shape index (κ3) is 11.8. The Bertz CT molecular complexity index is 1300. The Kier molecular flexibility index (Phi) is 15.7. The Balaban J connectivity index is 1.68. The van der Waals surface area contributed by atoms with Crippen LogP contribution in [-0.2, 0) is 4.79 Å². The number of aliphatic hydroxyl groups is 1.